The summed E-state index contributed by atoms with van der Waals surface area (Å²) in [7, 11) is 0. The molecule has 2 aromatic rings. The standard InChI is InChI=1S/C14H17Br3N4/c1-3-21-13(14(17)8(2)20-21)7-12(19-18)10-5-4-9(15)6-11(10)16/h4-6,12,19H,3,7,18H2,1-2H3. The summed E-state index contributed by atoms with van der Waals surface area (Å²) in [5.41, 5.74) is 6.17. The van der Waals surface area contributed by atoms with E-state index in [1.807, 2.05) is 23.7 Å². The molecular formula is C14H17Br3N4. The predicted molar refractivity (Wildman–Crippen MR) is 95.9 cm³/mol. The number of hydrogen-bond acceptors (Lipinski definition) is 3. The fraction of sp³-hybridized carbons (Fsp3) is 0.357. The van der Waals surface area contributed by atoms with E-state index in [9.17, 15) is 0 Å². The quantitative estimate of drug-likeness (QED) is 0.497. The van der Waals surface area contributed by atoms with Gasteiger partial charge in [-0.2, -0.15) is 5.10 Å². The number of aryl methyl sites for hydroxylation is 2. The Morgan fingerprint density at radius 1 is 1.33 bits per heavy atom. The van der Waals surface area contributed by atoms with Gasteiger partial charge >= 0.3 is 0 Å². The Hall–Kier alpha value is -0.210. The van der Waals surface area contributed by atoms with Crippen LogP contribution in [0.1, 0.15) is 29.9 Å². The van der Waals surface area contributed by atoms with E-state index in [0.717, 1.165) is 43.3 Å². The highest BCUT2D eigenvalue weighted by molar-refractivity contribution is 9.11. The zero-order chi connectivity index (χ0) is 15.6. The number of hydrazine groups is 1. The minimum atomic E-state index is 0.00479. The van der Waals surface area contributed by atoms with Gasteiger partial charge in [0.1, 0.15) is 0 Å². The van der Waals surface area contributed by atoms with Crippen LogP contribution in [0.5, 0.6) is 0 Å². The number of rotatable bonds is 5. The normalized spacial score (nSPS) is 12.7. The number of nitrogens with two attached hydrogens (primary N) is 1. The van der Waals surface area contributed by atoms with Crippen LogP contribution in [0.3, 0.4) is 0 Å². The van der Waals surface area contributed by atoms with Gasteiger partial charge in [-0.05, 0) is 47.5 Å². The summed E-state index contributed by atoms with van der Waals surface area (Å²) in [5, 5.41) is 4.53. The first-order valence-corrected chi connectivity index (χ1v) is 8.98. The summed E-state index contributed by atoms with van der Waals surface area (Å²) in [6.07, 6.45) is 0.756. The van der Waals surface area contributed by atoms with Gasteiger partial charge in [-0.15, -0.1) is 0 Å². The molecule has 0 aliphatic rings. The van der Waals surface area contributed by atoms with Crippen LogP contribution in [-0.2, 0) is 13.0 Å². The molecule has 1 heterocycles. The lowest BCUT2D eigenvalue weighted by molar-refractivity contribution is 0.514. The molecule has 0 saturated carbocycles. The molecule has 4 nitrogen and oxygen atoms in total. The van der Waals surface area contributed by atoms with Crippen LogP contribution in [0.15, 0.2) is 31.6 Å². The van der Waals surface area contributed by atoms with Crippen molar-refractivity contribution in [1.29, 1.82) is 0 Å². The zero-order valence-corrected chi connectivity index (χ0v) is 16.6. The van der Waals surface area contributed by atoms with E-state index in [-0.39, 0.29) is 6.04 Å². The largest absolute Gasteiger partial charge is 0.271 e. The highest BCUT2D eigenvalue weighted by Crippen LogP contribution is 2.31. The molecule has 0 fully saturated rings. The predicted octanol–water partition coefficient (Wildman–Crippen LogP) is 4.25. The number of benzene rings is 1. The summed E-state index contributed by atoms with van der Waals surface area (Å²) in [4.78, 5) is 0. The van der Waals surface area contributed by atoms with Gasteiger partial charge in [0.05, 0.1) is 21.9 Å². The topological polar surface area (TPSA) is 55.9 Å². The van der Waals surface area contributed by atoms with Gasteiger partial charge < -0.3 is 0 Å². The lowest BCUT2D eigenvalue weighted by Gasteiger charge is -2.19. The molecule has 0 radical (unpaired) electrons. The summed E-state index contributed by atoms with van der Waals surface area (Å²) in [6, 6.07) is 6.11. The van der Waals surface area contributed by atoms with Gasteiger partial charge in [-0.3, -0.25) is 16.0 Å². The molecule has 21 heavy (non-hydrogen) atoms. The molecule has 0 bridgehead atoms. The van der Waals surface area contributed by atoms with Crippen LogP contribution in [0.25, 0.3) is 0 Å². The molecule has 114 valence electrons. The van der Waals surface area contributed by atoms with Gasteiger partial charge in [0.15, 0.2) is 0 Å². The Morgan fingerprint density at radius 3 is 2.62 bits per heavy atom. The van der Waals surface area contributed by atoms with Gasteiger partial charge in [0.25, 0.3) is 0 Å². The van der Waals surface area contributed by atoms with E-state index >= 15 is 0 Å². The molecule has 1 aromatic heterocycles. The highest BCUT2D eigenvalue weighted by atomic mass is 79.9. The smallest absolute Gasteiger partial charge is 0.0738 e. The van der Waals surface area contributed by atoms with Crippen molar-refractivity contribution in [2.45, 2.75) is 32.9 Å². The number of hydrogen-bond donors (Lipinski definition) is 2. The molecule has 0 aliphatic carbocycles. The molecule has 0 saturated heterocycles. The molecular weight excluding hydrogens is 464 g/mol. The van der Waals surface area contributed by atoms with Crippen LogP contribution in [0.2, 0.25) is 0 Å². The number of halogens is 3. The van der Waals surface area contributed by atoms with Crippen molar-refractivity contribution in [3.05, 3.63) is 48.6 Å². The third-order valence-electron chi connectivity index (χ3n) is 3.39. The van der Waals surface area contributed by atoms with Crippen molar-refractivity contribution in [3.63, 3.8) is 0 Å². The summed E-state index contributed by atoms with van der Waals surface area (Å²) in [6.45, 7) is 4.92. The van der Waals surface area contributed by atoms with Gasteiger partial charge in [-0.1, -0.05) is 37.9 Å². The SMILES string of the molecule is CCn1nc(C)c(Br)c1CC(NN)c1ccc(Br)cc1Br. The van der Waals surface area contributed by atoms with E-state index in [1.54, 1.807) is 0 Å². The van der Waals surface area contributed by atoms with Crippen LogP contribution < -0.4 is 11.3 Å². The monoisotopic (exact) mass is 478 g/mol. The number of nitrogens with one attached hydrogen (secondary N) is 1. The van der Waals surface area contributed by atoms with Gasteiger partial charge in [-0.25, -0.2) is 0 Å². The first kappa shape index (κ1) is 17.1. The number of nitrogens with zero attached hydrogens (tertiary/aromatic N) is 2. The third kappa shape index (κ3) is 3.76. The van der Waals surface area contributed by atoms with Crippen molar-refractivity contribution in [2.24, 2.45) is 5.84 Å². The maximum Gasteiger partial charge on any atom is 0.0738 e. The molecule has 3 N–H and O–H groups in total. The Bertz CT molecular complexity index is 639. The average molecular weight is 481 g/mol. The minimum absolute atomic E-state index is 0.00479. The highest BCUT2D eigenvalue weighted by Gasteiger charge is 2.20. The molecule has 0 amide bonds. The average Bonchev–Trinajstić information content (AvgIpc) is 2.72. The second-order valence-corrected chi connectivity index (χ2v) is 7.31. The second kappa shape index (κ2) is 7.37. The molecule has 0 spiro atoms. The minimum Gasteiger partial charge on any atom is -0.271 e. The maximum atomic E-state index is 5.78. The van der Waals surface area contributed by atoms with Gasteiger partial charge in [0.2, 0.25) is 0 Å². The maximum absolute atomic E-state index is 5.78. The van der Waals surface area contributed by atoms with Crippen LogP contribution >= 0.6 is 47.8 Å². The van der Waals surface area contributed by atoms with Crippen molar-refractivity contribution in [2.75, 3.05) is 0 Å². The first-order valence-electron chi connectivity index (χ1n) is 6.60. The van der Waals surface area contributed by atoms with Crippen molar-refractivity contribution in [3.8, 4) is 0 Å². The van der Waals surface area contributed by atoms with E-state index < -0.39 is 0 Å². The van der Waals surface area contributed by atoms with Crippen molar-refractivity contribution >= 4 is 47.8 Å². The Labute approximate surface area is 149 Å². The zero-order valence-electron chi connectivity index (χ0n) is 11.8. The fourth-order valence-electron chi connectivity index (χ4n) is 2.30. The molecule has 1 unspecified atom stereocenters. The summed E-state index contributed by atoms with van der Waals surface area (Å²) < 4.78 is 5.12. The second-order valence-electron chi connectivity index (χ2n) is 4.75. The van der Waals surface area contributed by atoms with Crippen LogP contribution in [0, 0.1) is 6.92 Å². The van der Waals surface area contributed by atoms with Crippen LogP contribution in [-0.4, -0.2) is 9.78 Å². The Balaban J connectivity index is 2.35. The first-order chi connectivity index (χ1) is 9.97. The molecule has 0 aliphatic heterocycles. The molecule has 2 rings (SSSR count). The summed E-state index contributed by atoms with van der Waals surface area (Å²) in [5.74, 6) is 5.78. The van der Waals surface area contributed by atoms with Gasteiger partial charge in [0, 0.05) is 21.9 Å². The lowest BCUT2D eigenvalue weighted by Crippen LogP contribution is -2.30. The van der Waals surface area contributed by atoms with E-state index in [1.165, 1.54) is 0 Å². The lowest BCUT2D eigenvalue weighted by atomic mass is 10.0. The van der Waals surface area contributed by atoms with Crippen molar-refractivity contribution in [1.82, 2.24) is 15.2 Å². The Kier molecular flexibility index (Phi) is 6.02. The van der Waals surface area contributed by atoms with E-state index in [2.05, 4.69) is 71.3 Å². The number of aromatic nitrogens is 2. The molecule has 1 aromatic carbocycles. The fourth-order valence-corrected chi connectivity index (χ4v) is 4.07. The third-order valence-corrected chi connectivity index (χ3v) is 5.60. The van der Waals surface area contributed by atoms with Crippen LogP contribution in [0.4, 0.5) is 0 Å². The molecule has 7 heteroatoms. The van der Waals surface area contributed by atoms with Crippen molar-refractivity contribution < 1.29 is 0 Å². The van der Waals surface area contributed by atoms with E-state index in [0.29, 0.717) is 0 Å². The molecule has 1 atom stereocenters. The summed E-state index contributed by atoms with van der Waals surface area (Å²) >= 11 is 10.7. The van der Waals surface area contributed by atoms with E-state index in [4.69, 9.17) is 5.84 Å². The Morgan fingerprint density at radius 2 is 2.05 bits per heavy atom.